The molecule has 6 nitrogen and oxygen atoms in total. The molecule has 4 rings (SSSR count). The van der Waals surface area contributed by atoms with Gasteiger partial charge in [0, 0.05) is 23.7 Å². The molecule has 2 heterocycles. The maximum Gasteiger partial charge on any atom is 0.335 e. The number of hydrogen-bond acceptors (Lipinski definition) is 5. The topological polar surface area (TPSA) is 83.1 Å². The number of amidine groups is 1. The van der Waals surface area contributed by atoms with Crippen molar-refractivity contribution in [1.82, 2.24) is 4.90 Å². The molecule has 0 bridgehead atoms. The van der Waals surface area contributed by atoms with Gasteiger partial charge in [0.25, 0.3) is 5.91 Å². The number of halogens is 1. The molecule has 1 N–H and O–H groups in total. The van der Waals surface area contributed by atoms with Gasteiger partial charge in [0.2, 0.25) is 0 Å². The number of thioether (sulfide) groups is 1. The molecular weight excluding hydrogens is 424 g/mol. The van der Waals surface area contributed by atoms with Gasteiger partial charge in [0.1, 0.15) is 11.5 Å². The summed E-state index contributed by atoms with van der Waals surface area (Å²) in [5, 5.41) is 10.1. The summed E-state index contributed by atoms with van der Waals surface area (Å²) < 4.78 is 5.85. The van der Waals surface area contributed by atoms with Crippen molar-refractivity contribution in [3.05, 3.63) is 81.9 Å². The smallest absolute Gasteiger partial charge is 0.335 e. The first-order chi connectivity index (χ1) is 14.4. The van der Waals surface area contributed by atoms with E-state index in [1.165, 1.54) is 28.8 Å². The van der Waals surface area contributed by atoms with Crippen molar-refractivity contribution in [2.75, 3.05) is 7.05 Å². The highest BCUT2D eigenvalue weighted by Crippen LogP contribution is 2.34. The van der Waals surface area contributed by atoms with Gasteiger partial charge >= 0.3 is 5.97 Å². The average Bonchev–Trinajstić information content (AvgIpc) is 3.30. The van der Waals surface area contributed by atoms with E-state index in [1.54, 1.807) is 43.5 Å². The lowest BCUT2D eigenvalue weighted by molar-refractivity contribution is -0.121. The van der Waals surface area contributed by atoms with E-state index in [1.807, 2.05) is 18.2 Å². The van der Waals surface area contributed by atoms with E-state index in [4.69, 9.17) is 21.1 Å². The van der Waals surface area contributed by atoms with Gasteiger partial charge in [-0.1, -0.05) is 11.6 Å². The first kappa shape index (κ1) is 20.0. The van der Waals surface area contributed by atoms with Crippen LogP contribution < -0.4 is 0 Å². The van der Waals surface area contributed by atoms with Crippen LogP contribution in [-0.2, 0) is 4.79 Å². The normalized spacial score (nSPS) is 16.6. The molecule has 1 saturated heterocycles. The number of carbonyl (C=O) groups excluding carboxylic acids is 1. The Hall–Kier alpha value is -3.29. The van der Waals surface area contributed by atoms with Crippen LogP contribution >= 0.6 is 23.4 Å². The van der Waals surface area contributed by atoms with E-state index in [9.17, 15) is 9.59 Å². The van der Waals surface area contributed by atoms with E-state index >= 15 is 0 Å². The lowest BCUT2D eigenvalue weighted by atomic mass is 10.2. The number of likely N-dealkylation sites (N-methyl/N-ethyl adjacent to an activating group) is 1. The number of carboxylic acids is 1. The molecule has 1 aromatic heterocycles. The zero-order valence-electron chi connectivity index (χ0n) is 15.7. The molecule has 1 aliphatic rings. The average molecular weight is 439 g/mol. The van der Waals surface area contributed by atoms with Gasteiger partial charge in [-0.15, -0.1) is 0 Å². The van der Waals surface area contributed by atoms with E-state index < -0.39 is 5.97 Å². The van der Waals surface area contributed by atoms with Gasteiger partial charge < -0.3 is 9.52 Å². The Morgan fingerprint density at radius 2 is 1.80 bits per heavy atom. The quantitative estimate of drug-likeness (QED) is 0.541. The lowest BCUT2D eigenvalue weighted by Crippen LogP contribution is -2.23. The summed E-state index contributed by atoms with van der Waals surface area (Å²) in [4.78, 5) is 29.9. The van der Waals surface area contributed by atoms with Crippen LogP contribution in [0.25, 0.3) is 17.4 Å². The summed E-state index contributed by atoms with van der Waals surface area (Å²) in [5.74, 6) is 0.0368. The predicted molar refractivity (Wildman–Crippen MR) is 118 cm³/mol. The van der Waals surface area contributed by atoms with E-state index in [-0.39, 0.29) is 11.5 Å². The van der Waals surface area contributed by atoms with Crippen molar-refractivity contribution in [2.24, 2.45) is 4.99 Å². The maximum atomic E-state index is 12.6. The van der Waals surface area contributed by atoms with Crippen molar-refractivity contribution < 1.29 is 19.1 Å². The number of carbonyl (C=O) groups is 2. The summed E-state index contributed by atoms with van der Waals surface area (Å²) in [6.45, 7) is 0. The van der Waals surface area contributed by atoms with Crippen molar-refractivity contribution in [3.8, 4) is 11.3 Å². The third-order valence-corrected chi connectivity index (χ3v) is 5.68. The lowest BCUT2D eigenvalue weighted by Gasteiger charge is -2.07. The van der Waals surface area contributed by atoms with Crippen molar-refractivity contribution >= 4 is 52.2 Å². The number of benzene rings is 2. The second-order valence-electron chi connectivity index (χ2n) is 6.43. The molecule has 3 aromatic rings. The molecule has 0 spiro atoms. The van der Waals surface area contributed by atoms with E-state index in [2.05, 4.69) is 4.99 Å². The number of rotatable bonds is 4. The van der Waals surface area contributed by atoms with Gasteiger partial charge in [-0.2, -0.15) is 0 Å². The minimum absolute atomic E-state index is 0.178. The summed E-state index contributed by atoms with van der Waals surface area (Å²) in [5.41, 5.74) is 1.63. The first-order valence-corrected chi connectivity index (χ1v) is 10.1. The first-order valence-electron chi connectivity index (χ1n) is 8.86. The SMILES string of the molecule is CN1C(=O)C(=Cc2ccc(-c3ccc(Cl)cc3)o2)SC1=Nc1ccc(C(=O)O)cc1. The molecule has 2 aromatic carbocycles. The number of aromatic carboxylic acids is 1. The molecule has 1 aliphatic heterocycles. The van der Waals surface area contributed by atoms with Gasteiger partial charge in [-0.25, -0.2) is 9.79 Å². The summed E-state index contributed by atoms with van der Waals surface area (Å²) >= 11 is 7.15. The highest BCUT2D eigenvalue weighted by atomic mass is 35.5. The molecule has 0 aliphatic carbocycles. The highest BCUT2D eigenvalue weighted by molar-refractivity contribution is 8.18. The predicted octanol–water partition coefficient (Wildman–Crippen LogP) is 5.53. The minimum atomic E-state index is -1.00. The fourth-order valence-electron chi connectivity index (χ4n) is 2.77. The third-order valence-electron chi connectivity index (χ3n) is 4.37. The maximum absolute atomic E-state index is 12.6. The van der Waals surface area contributed by atoms with Crippen LogP contribution in [-0.4, -0.2) is 34.1 Å². The van der Waals surface area contributed by atoms with Gasteiger partial charge in [-0.3, -0.25) is 9.69 Å². The van der Waals surface area contributed by atoms with Gasteiger partial charge in [0.05, 0.1) is 16.2 Å². The number of hydrogen-bond donors (Lipinski definition) is 1. The molecule has 0 saturated carbocycles. The Kier molecular flexibility index (Phi) is 5.48. The summed E-state index contributed by atoms with van der Waals surface area (Å²) in [6.07, 6.45) is 1.68. The van der Waals surface area contributed by atoms with E-state index in [0.29, 0.717) is 32.3 Å². The standard InChI is InChI=1S/C22H15ClN2O4S/c1-25-20(26)19(30-22(25)24-16-8-4-14(5-9-16)21(27)28)12-17-10-11-18(29-17)13-2-6-15(23)7-3-13/h2-12H,1H3,(H,27,28). The van der Waals surface area contributed by atoms with Crippen LogP contribution in [0.3, 0.4) is 0 Å². The van der Waals surface area contributed by atoms with Crippen LogP contribution in [0.2, 0.25) is 5.02 Å². The van der Waals surface area contributed by atoms with Gasteiger partial charge in [-0.05, 0) is 72.4 Å². The Labute approximate surface area is 181 Å². The fourth-order valence-corrected chi connectivity index (χ4v) is 3.86. The number of carboxylic acid groups (broad SMARTS) is 1. The third kappa shape index (κ3) is 4.17. The fraction of sp³-hybridized carbons (Fsp3) is 0.0455. The van der Waals surface area contributed by atoms with Crippen molar-refractivity contribution in [3.63, 3.8) is 0 Å². The Morgan fingerprint density at radius 3 is 2.47 bits per heavy atom. The number of nitrogens with zero attached hydrogens (tertiary/aromatic N) is 2. The molecule has 1 amide bonds. The van der Waals surface area contributed by atoms with Crippen LogP contribution in [0.4, 0.5) is 5.69 Å². The van der Waals surface area contributed by atoms with Crippen LogP contribution in [0, 0.1) is 0 Å². The molecule has 8 heteroatoms. The second kappa shape index (κ2) is 8.22. The summed E-state index contributed by atoms with van der Waals surface area (Å²) in [6, 6.07) is 17.1. The van der Waals surface area contributed by atoms with Crippen molar-refractivity contribution in [2.45, 2.75) is 0 Å². The van der Waals surface area contributed by atoms with E-state index in [0.717, 1.165) is 5.56 Å². The van der Waals surface area contributed by atoms with Gasteiger partial charge in [0.15, 0.2) is 5.17 Å². The summed E-state index contributed by atoms with van der Waals surface area (Å²) in [7, 11) is 1.64. The molecule has 1 fully saturated rings. The molecule has 0 radical (unpaired) electrons. The molecule has 30 heavy (non-hydrogen) atoms. The van der Waals surface area contributed by atoms with Crippen molar-refractivity contribution in [1.29, 1.82) is 0 Å². The van der Waals surface area contributed by atoms with Crippen LogP contribution in [0.15, 0.2) is 75.0 Å². The molecule has 0 atom stereocenters. The zero-order valence-corrected chi connectivity index (χ0v) is 17.3. The Morgan fingerprint density at radius 1 is 1.10 bits per heavy atom. The van der Waals surface area contributed by atoms with Crippen LogP contribution in [0.1, 0.15) is 16.1 Å². The molecule has 150 valence electrons. The molecular formula is C22H15ClN2O4S. The van der Waals surface area contributed by atoms with Crippen LogP contribution in [0.5, 0.6) is 0 Å². The monoisotopic (exact) mass is 438 g/mol. The second-order valence-corrected chi connectivity index (χ2v) is 7.88. The minimum Gasteiger partial charge on any atom is -0.478 e. The largest absolute Gasteiger partial charge is 0.478 e. The number of aliphatic imine (C=N–C) groups is 1. The number of amides is 1. The molecule has 0 unspecified atom stereocenters. The number of furan rings is 1. The Balaban J connectivity index is 1.55. The highest BCUT2D eigenvalue weighted by Gasteiger charge is 2.30. The zero-order chi connectivity index (χ0) is 21.3. The Bertz CT molecular complexity index is 1180.